The van der Waals surface area contributed by atoms with Crippen molar-refractivity contribution in [1.82, 2.24) is 15.6 Å². The fourth-order valence-corrected chi connectivity index (χ4v) is 2.74. The summed E-state index contributed by atoms with van der Waals surface area (Å²) in [6.45, 7) is 1.07. The summed E-state index contributed by atoms with van der Waals surface area (Å²) in [5, 5.41) is 5.89. The molecular weight excluding hydrogens is 226 g/mol. The third kappa shape index (κ3) is 2.88. The maximum Gasteiger partial charge on any atom is 0.233 e. The minimum absolute atomic E-state index is 0.0463. The molecule has 1 aliphatic rings. The lowest BCUT2D eigenvalue weighted by Crippen LogP contribution is -2.42. The molecule has 1 aromatic rings. The zero-order valence-corrected chi connectivity index (χ0v) is 10.9. The van der Waals surface area contributed by atoms with Gasteiger partial charge in [-0.15, -0.1) is 0 Å². The minimum atomic E-state index is 0.0463. The standard InChI is InChI=1S/C14H21N3O/c1-15-10-13(18)17-11-14(7-3-4-8-14)12-6-2-5-9-16-12/h2,5-6,9,15H,3-4,7-8,10-11H2,1H3,(H,17,18). The van der Waals surface area contributed by atoms with Crippen LogP contribution in [0.5, 0.6) is 0 Å². The number of rotatable bonds is 5. The number of nitrogens with zero attached hydrogens (tertiary/aromatic N) is 1. The topological polar surface area (TPSA) is 54.0 Å². The molecule has 2 N–H and O–H groups in total. The molecule has 0 saturated heterocycles. The second-order valence-electron chi connectivity index (χ2n) is 5.01. The molecular formula is C14H21N3O. The summed E-state index contributed by atoms with van der Waals surface area (Å²) < 4.78 is 0. The van der Waals surface area contributed by atoms with E-state index in [9.17, 15) is 4.79 Å². The van der Waals surface area contributed by atoms with Crippen molar-refractivity contribution >= 4 is 5.91 Å². The highest BCUT2D eigenvalue weighted by Gasteiger charge is 2.36. The van der Waals surface area contributed by atoms with Gasteiger partial charge in [-0.1, -0.05) is 18.9 Å². The third-order valence-corrected chi connectivity index (χ3v) is 3.73. The van der Waals surface area contributed by atoms with Gasteiger partial charge in [-0.2, -0.15) is 0 Å². The lowest BCUT2D eigenvalue weighted by atomic mass is 9.82. The number of aromatic nitrogens is 1. The zero-order valence-electron chi connectivity index (χ0n) is 10.9. The zero-order chi connectivity index (χ0) is 12.8. The van der Waals surface area contributed by atoms with E-state index in [1.807, 2.05) is 18.3 Å². The predicted octanol–water partition coefficient (Wildman–Crippen LogP) is 1.23. The second-order valence-corrected chi connectivity index (χ2v) is 5.01. The number of likely N-dealkylation sites (N-methyl/N-ethyl adjacent to an activating group) is 1. The predicted molar refractivity (Wildman–Crippen MR) is 71.3 cm³/mol. The first-order valence-electron chi connectivity index (χ1n) is 6.60. The quantitative estimate of drug-likeness (QED) is 0.823. The van der Waals surface area contributed by atoms with E-state index in [4.69, 9.17) is 0 Å². The summed E-state index contributed by atoms with van der Waals surface area (Å²) in [4.78, 5) is 16.1. The van der Waals surface area contributed by atoms with Crippen LogP contribution in [-0.4, -0.2) is 31.0 Å². The second kappa shape index (κ2) is 5.96. The molecule has 1 saturated carbocycles. The van der Waals surface area contributed by atoms with Crippen LogP contribution in [0.2, 0.25) is 0 Å². The van der Waals surface area contributed by atoms with Crippen LogP contribution in [0, 0.1) is 0 Å². The van der Waals surface area contributed by atoms with Crippen molar-refractivity contribution in [3.05, 3.63) is 30.1 Å². The minimum Gasteiger partial charge on any atom is -0.354 e. The van der Waals surface area contributed by atoms with E-state index in [0.717, 1.165) is 18.5 Å². The van der Waals surface area contributed by atoms with Gasteiger partial charge >= 0.3 is 0 Å². The normalized spacial score (nSPS) is 17.6. The third-order valence-electron chi connectivity index (χ3n) is 3.73. The largest absolute Gasteiger partial charge is 0.354 e. The Hall–Kier alpha value is -1.42. The van der Waals surface area contributed by atoms with E-state index in [0.29, 0.717) is 13.1 Å². The molecule has 18 heavy (non-hydrogen) atoms. The van der Waals surface area contributed by atoms with Crippen LogP contribution in [0.25, 0.3) is 0 Å². The molecule has 98 valence electrons. The molecule has 2 rings (SSSR count). The Balaban J connectivity index is 2.06. The Kier molecular flexibility index (Phi) is 4.31. The Morgan fingerprint density at radius 1 is 1.39 bits per heavy atom. The van der Waals surface area contributed by atoms with E-state index in [2.05, 4.69) is 21.7 Å². The van der Waals surface area contributed by atoms with Crippen LogP contribution in [0.15, 0.2) is 24.4 Å². The van der Waals surface area contributed by atoms with Gasteiger partial charge in [0, 0.05) is 23.9 Å². The number of carbonyl (C=O) groups is 1. The smallest absolute Gasteiger partial charge is 0.233 e. The first-order valence-corrected chi connectivity index (χ1v) is 6.60. The molecule has 0 radical (unpaired) electrons. The van der Waals surface area contributed by atoms with Crippen molar-refractivity contribution in [3.8, 4) is 0 Å². The van der Waals surface area contributed by atoms with E-state index >= 15 is 0 Å². The summed E-state index contributed by atoms with van der Waals surface area (Å²) in [7, 11) is 1.78. The number of hydrogen-bond acceptors (Lipinski definition) is 3. The van der Waals surface area contributed by atoms with Gasteiger partial charge in [0.2, 0.25) is 5.91 Å². The van der Waals surface area contributed by atoms with Crippen molar-refractivity contribution < 1.29 is 4.79 Å². The molecule has 0 atom stereocenters. The molecule has 0 aliphatic heterocycles. The molecule has 4 nitrogen and oxygen atoms in total. The SMILES string of the molecule is CNCC(=O)NCC1(c2ccccn2)CCCC1. The maximum atomic E-state index is 11.6. The van der Waals surface area contributed by atoms with Gasteiger partial charge in [0.25, 0.3) is 0 Å². The summed E-state index contributed by atoms with van der Waals surface area (Å²) in [5.41, 5.74) is 1.16. The molecule has 0 bridgehead atoms. The Morgan fingerprint density at radius 3 is 2.78 bits per heavy atom. The molecule has 0 unspecified atom stereocenters. The van der Waals surface area contributed by atoms with Gasteiger partial charge in [0.1, 0.15) is 0 Å². The molecule has 1 aromatic heterocycles. The molecule has 1 fully saturated rings. The van der Waals surface area contributed by atoms with Crippen molar-refractivity contribution in [3.63, 3.8) is 0 Å². The molecule has 0 spiro atoms. The summed E-state index contributed by atoms with van der Waals surface area (Å²) in [6, 6.07) is 6.04. The fourth-order valence-electron chi connectivity index (χ4n) is 2.74. The molecule has 1 aliphatic carbocycles. The highest BCUT2D eigenvalue weighted by Crippen LogP contribution is 2.39. The van der Waals surface area contributed by atoms with Gasteiger partial charge in [-0.25, -0.2) is 0 Å². The van der Waals surface area contributed by atoms with Crippen LogP contribution >= 0.6 is 0 Å². The highest BCUT2D eigenvalue weighted by atomic mass is 16.1. The van der Waals surface area contributed by atoms with Gasteiger partial charge < -0.3 is 10.6 Å². The molecule has 1 heterocycles. The van der Waals surface area contributed by atoms with Gasteiger partial charge in [0.15, 0.2) is 0 Å². The highest BCUT2D eigenvalue weighted by molar-refractivity contribution is 5.78. The number of hydrogen-bond donors (Lipinski definition) is 2. The van der Waals surface area contributed by atoms with Crippen molar-refractivity contribution in [2.45, 2.75) is 31.1 Å². The van der Waals surface area contributed by atoms with Crippen LogP contribution in [0.4, 0.5) is 0 Å². The summed E-state index contributed by atoms with van der Waals surface area (Å²) in [5.74, 6) is 0.0553. The van der Waals surface area contributed by atoms with E-state index in [-0.39, 0.29) is 11.3 Å². The van der Waals surface area contributed by atoms with E-state index in [1.54, 1.807) is 7.05 Å². The number of pyridine rings is 1. The lowest BCUT2D eigenvalue weighted by molar-refractivity contribution is -0.120. The van der Waals surface area contributed by atoms with Crippen LogP contribution < -0.4 is 10.6 Å². The summed E-state index contributed by atoms with van der Waals surface area (Å²) >= 11 is 0. The van der Waals surface area contributed by atoms with Gasteiger partial charge in [-0.05, 0) is 32.0 Å². The van der Waals surface area contributed by atoms with E-state index in [1.165, 1.54) is 12.8 Å². The fraction of sp³-hybridized carbons (Fsp3) is 0.571. The average molecular weight is 247 g/mol. The Labute approximate surface area is 108 Å². The number of nitrogens with one attached hydrogen (secondary N) is 2. The summed E-state index contributed by atoms with van der Waals surface area (Å²) in [6.07, 6.45) is 6.51. The van der Waals surface area contributed by atoms with Crippen molar-refractivity contribution in [2.24, 2.45) is 0 Å². The first kappa shape index (κ1) is 13.0. The van der Waals surface area contributed by atoms with Crippen LogP contribution in [0.3, 0.4) is 0 Å². The molecule has 0 aromatic carbocycles. The lowest BCUT2D eigenvalue weighted by Gasteiger charge is -2.28. The Morgan fingerprint density at radius 2 is 2.17 bits per heavy atom. The van der Waals surface area contributed by atoms with Crippen LogP contribution in [-0.2, 0) is 10.2 Å². The van der Waals surface area contributed by atoms with Crippen molar-refractivity contribution in [1.29, 1.82) is 0 Å². The number of amides is 1. The molecule has 4 heteroatoms. The van der Waals surface area contributed by atoms with Crippen molar-refractivity contribution in [2.75, 3.05) is 20.1 Å². The van der Waals surface area contributed by atoms with E-state index < -0.39 is 0 Å². The first-order chi connectivity index (χ1) is 8.77. The number of carbonyl (C=O) groups excluding carboxylic acids is 1. The van der Waals surface area contributed by atoms with Crippen LogP contribution in [0.1, 0.15) is 31.4 Å². The van der Waals surface area contributed by atoms with Gasteiger partial charge in [0.05, 0.1) is 6.54 Å². The van der Waals surface area contributed by atoms with Gasteiger partial charge in [-0.3, -0.25) is 9.78 Å². The monoisotopic (exact) mass is 247 g/mol. The molecule has 1 amide bonds. The average Bonchev–Trinajstić information content (AvgIpc) is 2.88. The Bertz CT molecular complexity index is 385. The maximum absolute atomic E-state index is 11.6.